The van der Waals surface area contributed by atoms with Gasteiger partial charge in [-0.15, -0.1) is 0 Å². The van der Waals surface area contributed by atoms with E-state index in [2.05, 4.69) is 20.5 Å². The van der Waals surface area contributed by atoms with Crippen molar-refractivity contribution in [3.63, 3.8) is 0 Å². The number of amides is 1. The first-order valence-electron chi connectivity index (χ1n) is 9.78. The minimum absolute atomic E-state index is 0.146. The Labute approximate surface area is 173 Å². The summed E-state index contributed by atoms with van der Waals surface area (Å²) in [5, 5.41) is 11.1. The molecular formula is C23H20N4O3. The molecule has 0 bridgehead atoms. The van der Waals surface area contributed by atoms with E-state index >= 15 is 0 Å². The molecule has 3 heterocycles. The number of carbonyl (C=O) groups is 1. The van der Waals surface area contributed by atoms with Gasteiger partial charge >= 0.3 is 0 Å². The van der Waals surface area contributed by atoms with Gasteiger partial charge in [-0.1, -0.05) is 18.2 Å². The van der Waals surface area contributed by atoms with Crippen molar-refractivity contribution in [2.24, 2.45) is 0 Å². The molecule has 1 aliphatic rings. The van der Waals surface area contributed by atoms with Crippen LogP contribution in [0.4, 0.5) is 5.82 Å². The molecule has 1 atom stereocenters. The predicted octanol–water partition coefficient (Wildman–Crippen LogP) is 4.14. The van der Waals surface area contributed by atoms with Gasteiger partial charge < -0.3 is 14.8 Å². The maximum Gasteiger partial charge on any atom is 0.232 e. The molecule has 5 rings (SSSR count). The van der Waals surface area contributed by atoms with Gasteiger partial charge in [-0.2, -0.15) is 5.10 Å². The number of pyridine rings is 1. The number of anilines is 1. The molecule has 150 valence electrons. The van der Waals surface area contributed by atoms with Gasteiger partial charge in [0.25, 0.3) is 0 Å². The van der Waals surface area contributed by atoms with Crippen LogP contribution in [0.3, 0.4) is 0 Å². The van der Waals surface area contributed by atoms with Crippen LogP contribution in [-0.2, 0) is 4.79 Å². The van der Waals surface area contributed by atoms with E-state index in [9.17, 15) is 4.79 Å². The van der Waals surface area contributed by atoms with Gasteiger partial charge in [0, 0.05) is 23.3 Å². The molecule has 30 heavy (non-hydrogen) atoms. The lowest BCUT2D eigenvalue weighted by Gasteiger charge is -2.20. The highest BCUT2D eigenvalue weighted by atomic mass is 16.6. The van der Waals surface area contributed by atoms with E-state index in [-0.39, 0.29) is 11.8 Å². The Morgan fingerprint density at radius 1 is 1.07 bits per heavy atom. The number of H-pyrrole nitrogens is 1. The lowest BCUT2D eigenvalue weighted by molar-refractivity contribution is -0.117. The summed E-state index contributed by atoms with van der Waals surface area (Å²) in [5.74, 6) is 1.36. The maximum absolute atomic E-state index is 12.9. The molecule has 2 aromatic carbocycles. The highest BCUT2D eigenvalue weighted by Crippen LogP contribution is 2.34. The van der Waals surface area contributed by atoms with Crippen molar-refractivity contribution >= 4 is 22.6 Å². The summed E-state index contributed by atoms with van der Waals surface area (Å²) >= 11 is 0. The van der Waals surface area contributed by atoms with Crippen LogP contribution in [0.2, 0.25) is 0 Å². The Hall–Kier alpha value is -3.87. The summed E-state index contributed by atoms with van der Waals surface area (Å²) in [5.41, 5.74) is 3.72. The largest absolute Gasteiger partial charge is 0.486 e. The number of rotatable bonds is 4. The first-order valence-corrected chi connectivity index (χ1v) is 9.78. The highest BCUT2D eigenvalue weighted by Gasteiger charge is 2.21. The number of hydrogen-bond acceptors (Lipinski definition) is 5. The van der Waals surface area contributed by atoms with Crippen molar-refractivity contribution in [3.05, 3.63) is 66.5 Å². The third kappa shape index (κ3) is 3.34. The summed E-state index contributed by atoms with van der Waals surface area (Å²) < 4.78 is 11.2. The molecule has 2 N–H and O–H groups in total. The zero-order valence-electron chi connectivity index (χ0n) is 16.4. The number of aromatic amines is 1. The fourth-order valence-electron chi connectivity index (χ4n) is 3.53. The minimum Gasteiger partial charge on any atom is -0.486 e. The lowest BCUT2D eigenvalue weighted by atomic mass is 9.99. The number of nitrogens with one attached hydrogen (secondary N) is 2. The molecule has 7 nitrogen and oxygen atoms in total. The highest BCUT2D eigenvalue weighted by molar-refractivity contribution is 6.03. The number of benzene rings is 2. The molecule has 1 unspecified atom stereocenters. The van der Waals surface area contributed by atoms with Gasteiger partial charge in [0.2, 0.25) is 5.91 Å². The Bertz CT molecular complexity index is 1220. The lowest BCUT2D eigenvalue weighted by Crippen LogP contribution is -2.20. The molecule has 0 radical (unpaired) electrons. The summed E-state index contributed by atoms with van der Waals surface area (Å²) in [7, 11) is 0. The molecule has 0 saturated heterocycles. The predicted molar refractivity (Wildman–Crippen MR) is 114 cm³/mol. The molecule has 0 aliphatic carbocycles. The summed E-state index contributed by atoms with van der Waals surface area (Å²) in [6.07, 6.45) is 3.55. The Balaban J connectivity index is 1.40. The van der Waals surface area contributed by atoms with Crippen molar-refractivity contribution in [2.45, 2.75) is 12.8 Å². The average molecular weight is 400 g/mol. The number of aromatic nitrogens is 3. The van der Waals surface area contributed by atoms with Crippen molar-refractivity contribution in [2.75, 3.05) is 18.5 Å². The maximum atomic E-state index is 12.9. The number of fused-ring (bicyclic) bond motifs is 2. The van der Waals surface area contributed by atoms with Crippen LogP contribution >= 0.6 is 0 Å². The van der Waals surface area contributed by atoms with E-state index in [1.54, 1.807) is 6.20 Å². The summed E-state index contributed by atoms with van der Waals surface area (Å²) in [4.78, 5) is 17.1. The van der Waals surface area contributed by atoms with Crippen LogP contribution in [0.25, 0.3) is 22.0 Å². The topological polar surface area (TPSA) is 89.1 Å². The van der Waals surface area contributed by atoms with Gasteiger partial charge in [-0.05, 0) is 48.4 Å². The molecule has 0 fully saturated rings. The van der Waals surface area contributed by atoms with E-state index in [0.717, 1.165) is 27.6 Å². The van der Waals surface area contributed by atoms with Crippen molar-refractivity contribution in [3.8, 4) is 22.6 Å². The van der Waals surface area contributed by atoms with Crippen LogP contribution in [0.1, 0.15) is 18.4 Å². The van der Waals surface area contributed by atoms with E-state index in [1.807, 2.05) is 61.7 Å². The van der Waals surface area contributed by atoms with E-state index in [4.69, 9.17) is 9.47 Å². The van der Waals surface area contributed by atoms with Gasteiger partial charge in [-0.25, -0.2) is 0 Å². The fourth-order valence-corrected chi connectivity index (χ4v) is 3.53. The first-order chi connectivity index (χ1) is 14.7. The standard InChI is InChI=1S/C23H20N4O3/c1-14(15-5-7-20-21(12-15)30-10-9-29-20)23(28)25-22-18-11-16(4-6-19(18)26-27-22)17-3-2-8-24-13-17/h2-8,11-14H,9-10H2,1H3,(H2,25,26,27,28). The normalized spacial score (nSPS) is 13.8. The number of hydrogen-bond donors (Lipinski definition) is 2. The zero-order chi connectivity index (χ0) is 20.5. The van der Waals surface area contributed by atoms with Gasteiger partial charge in [0.05, 0.1) is 11.4 Å². The number of nitrogens with zero attached hydrogens (tertiary/aromatic N) is 2. The first kappa shape index (κ1) is 18.2. The van der Waals surface area contributed by atoms with Crippen molar-refractivity contribution < 1.29 is 14.3 Å². The Kier molecular flexibility index (Phi) is 4.55. The zero-order valence-corrected chi connectivity index (χ0v) is 16.4. The van der Waals surface area contributed by atoms with Gasteiger partial charge in [0.1, 0.15) is 13.2 Å². The average Bonchev–Trinajstić information content (AvgIpc) is 3.20. The molecule has 1 aliphatic heterocycles. The van der Waals surface area contributed by atoms with Crippen LogP contribution in [0.15, 0.2) is 60.9 Å². The molecule has 4 aromatic rings. The van der Waals surface area contributed by atoms with Crippen LogP contribution in [0.5, 0.6) is 11.5 Å². The van der Waals surface area contributed by atoms with Gasteiger partial charge in [0.15, 0.2) is 17.3 Å². The number of carbonyl (C=O) groups excluding carboxylic acids is 1. The SMILES string of the molecule is CC(C(=O)Nc1n[nH]c2ccc(-c3cccnc3)cc12)c1ccc2c(c1)OCCO2. The molecular weight excluding hydrogens is 380 g/mol. The smallest absolute Gasteiger partial charge is 0.232 e. The Morgan fingerprint density at radius 2 is 1.93 bits per heavy atom. The van der Waals surface area contributed by atoms with Crippen molar-refractivity contribution in [1.29, 1.82) is 0 Å². The molecule has 2 aromatic heterocycles. The second-order valence-corrected chi connectivity index (χ2v) is 7.19. The van der Waals surface area contributed by atoms with E-state index in [0.29, 0.717) is 30.5 Å². The van der Waals surface area contributed by atoms with Crippen molar-refractivity contribution in [1.82, 2.24) is 15.2 Å². The Morgan fingerprint density at radius 3 is 2.77 bits per heavy atom. The minimum atomic E-state index is -0.380. The third-order valence-corrected chi connectivity index (χ3v) is 5.26. The van der Waals surface area contributed by atoms with E-state index in [1.165, 1.54) is 0 Å². The van der Waals surface area contributed by atoms with Crippen LogP contribution in [-0.4, -0.2) is 34.3 Å². The second kappa shape index (κ2) is 7.51. The van der Waals surface area contributed by atoms with E-state index < -0.39 is 0 Å². The second-order valence-electron chi connectivity index (χ2n) is 7.19. The fraction of sp³-hybridized carbons (Fsp3) is 0.174. The molecule has 0 spiro atoms. The monoisotopic (exact) mass is 400 g/mol. The number of ether oxygens (including phenoxy) is 2. The summed E-state index contributed by atoms with van der Waals surface area (Å²) in [6.45, 7) is 2.90. The van der Waals surface area contributed by atoms with Crippen LogP contribution in [0, 0.1) is 0 Å². The quantitative estimate of drug-likeness (QED) is 0.537. The van der Waals surface area contributed by atoms with Gasteiger partial charge in [-0.3, -0.25) is 14.9 Å². The summed E-state index contributed by atoms with van der Waals surface area (Å²) in [6, 6.07) is 15.4. The third-order valence-electron chi connectivity index (χ3n) is 5.26. The molecule has 0 saturated carbocycles. The molecule has 7 heteroatoms. The van der Waals surface area contributed by atoms with Crippen LogP contribution < -0.4 is 14.8 Å². The molecule has 1 amide bonds.